The number of carboxylic acids is 3. The van der Waals surface area contributed by atoms with E-state index < -0.39 is 70.5 Å². The number of aliphatic carboxylic acids is 3. The van der Waals surface area contributed by atoms with Crippen LogP contribution in [-0.4, -0.2) is 114 Å². The first-order chi connectivity index (χ1) is 21.2. The summed E-state index contributed by atoms with van der Waals surface area (Å²) in [6, 6.07) is -1.17. The summed E-state index contributed by atoms with van der Waals surface area (Å²) in [6.45, 7) is 3.25. The summed E-state index contributed by atoms with van der Waals surface area (Å²) in [6.07, 6.45) is -5.08. The third-order valence-electron chi connectivity index (χ3n) is 5.44. The van der Waals surface area contributed by atoms with Crippen LogP contribution in [0.2, 0.25) is 0 Å². The van der Waals surface area contributed by atoms with E-state index in [1.165, 1.54) is 19.2 Å². The molecule has 17 nitrogen and oxygen atoms in total. The van der Waals surface area contributed by atoms with Crippen LogP contribution in [0.3, 0.4) is 0 Å². The van der Waals surface area contributed by atoms with E-state index in [1.807, 2.05) is 0 Å². The molecule has 0 aliphatic carbocycles. The van der Waals surface area contributed by atoms with Crippen LogP contribution in [0.4, 0.5) is 18.3 Å². The molecule has 1 saturated heterocycles. The summed E-state index contributed by atoms with van der Waals surface area (Å²) in [7, 11) is 0. The average molecular weight is 718 g/mol. The van der Waals surface area contributed by atoms with Crippen molar-refractivity contribution in [1.29, 1.82) is 0 Å². The lowest BCUT2D eigenvalue weighted by Gasteiger charge is -2.49. The quantitative estimate of drug-likeness (QED) is 0.0700. The molecule has 3 amide bonds. The second kappa shape index (κ2) is 15.2. The first kappa shape index (κ1) is 37.7. The molecule has 0 aromatic carbocycles. The highest BCUT2D eigenvalue weighted by Crippen LogP contribution is 2.40. The number of aromatic nitrogens is 1. The normalized spacial score (nSPS) is 17.8. The van der Waals surface area contributed by atoms with Gasteiger partial charge in [-0.05, 0) is 13.8 Å². The number of rotatable bonds is 11. The summed E-state index contributed by atoms with van der Waals surface area (Å²) in [5.74, 6) is -8.65. The van der Waals surface area contributed by atoms with E-state index >= 15 is 0 Å². The van der Waals surface area contributed by atoms with Gasteiger partial charge >= 0.3 is 30.1 Å². The third kappa shape index (κ3) is 9.53. The standard InChI is InChI=1S/C21H22ClN5O10S2.C2HF3O2/c1-8(28)36-5-9-6-38-17-13(16(31)27(17)14(9)18(32)33)25-15(30)12(26-37-21(2,3)19(34)35)10-7-39-20(23-10)24-11(29)4-22;3-2(4,5)1(6)7/h7,13,17H,4-6H2,1-3H3,(H,25,30)(H,32,33)(H,34,35)(H,23,24,29);(H,6,7)/b26-12-;/t13-,17-;/m1./s1. The first-order valence-corrected chi connectivity index (χ1v) is 14.6. The maximum absolute atomic E-state index is 13.2. The van der Waals surface area contributed by atoms with Gasteiger partial charge in [0, 0.05) is 23.6 Å². The summed E-state index contributed by atoms with van der Waals surface area (Å²) >= 11 is 7.54. The number of carboxylic acid groups (broad SMARTS) is 3. The van der Waals surface area contributed by atoms with Gasteiger partial charge in [0.05, 0.1) is 0 Å². The minimum absolute atomic E-state index is 0.0684. The number of amides is 3. The molecule has 0 spiro atoms. The number of thiazole rings is 1. The highest BCUT2D eigenvalue weighted by Gasteiger charge is 2.54. The van der Waals surface area contributed by atoms with Gasteiger partial charge in [-0.3, -0.25) is 24.1 Å². The number of anilines is 1. The number of hydrogen-bond acceptors (Lipinski definition) is 13. The van der Waals surface area contributed by atoms with Crippen LogP contribution >= 0.6 is 34.7 Å². The van der Waals surface area contributed by atoms with Gasteiger partial charge in [0.2, 0.25) is 11.5 Å². The van der Waals surface area contributed by atoms with Crippen molar-refractivity contribution in [3.63, 3.8) is 0 Å². The number of hydrogen-bond donors (Lipinski definition) is 5. The number of halogens is 4. The summed E-state index contributed by atoms with van der Waals surface area (Å²) < 4.78 is 36.6. The number of thioether (sulfide) groups is 1. The molecule has 3 rings (SSSR count). The second-order valence-electron chi connectivity index (χ2n) is 9.27. The van der Waals surface area contributed by atoms with E-state index in [-0.39, 0.29) is 40.3 Å². The van der Waals surface area contributed by atoms with Gasteiger partial charge in [0.15, 0.2) is 10.8 Å². The molecule has 1 fully saturated rings. The predicted molar refractivity (Wildman–Crippen MR) is 151 cm³/mol. The molecule has 0 saturated carbocycles. The van der Waals surface area contributed by atoms with Gasteiger partial charge < -0.3 is 35.5 Å². The number of oxime groups is 1. The van der Waals surface area contributed by atoms with Crippen LogP contribution in [0.1, 0.15) is 26.5 Å². The number of carbonyl (C=O) groups is 7. The fourth-order valence-corrected chi connectivity index (χ4v) is 5.29. The molecular formula is C23H23ClF3N5O12S2. The zero-order chi connectivity index (χ0) is 35.1. The van der Waals surface area contributed by atoms with Crippen molar-refractivity contribution in [2.45, 2.75) is 44.0 Å². The van der Waals surface area contributed by atoms with Gasteiger partial charge in [-0.1, -0.05) is 5.16 Å². The number of nitrogens with zero attached hydrogens (tertiary/aromatic N) is 3. The van der Waals surface area contributed by atoms with Gasteiger partial charge in [-0.2, -0.15) is 13.2 Å². The Bertz CT molecular complexity index is 1500. The van der Waals surface area contributed by atoms with Crippen molar-refractivity contribution in [3.8, 4) is 0 Å². The molecular weight excluding hydrogens is 695 g/mol. The smallest absolute Gasteiger partial charge is 0.478 e. The van der Waals surface area contributed by atoms with Crippen LogP contribution in [-0.2, 0) is 43.1 Å². The molecule has 252 valence electrons. The van der Waals surface area contributed by atoms with E-state index in [4.69, 9.17) is 31.1 Å². The molecule has 46 heavy (non-hydrogen) atoms. The van der Waals surface area contributed by atoms with Gasteiger partial charge in [0.1, 0.15) is 35.3 Å². The Balaban J connectivity index is 0.000000942. The summed E-state index contributed by atoms with van der Waals surface area (Å²) in [4.78, 5) is 91.2. The summed E-state index contributed by atoms with van der Waals surface area (Å²) in [5.41, 5.74) is -2.55. The monoisotopic (exact) mass is 717 g/mol. The zero-order valence-corrected chi connectivity index (χ0v) is 25.9. The largest absolute Gasteiger partial charge is 0.490 e. The van der Waals surface area contributed by atoms with Gasteiger partial charge in [-0.25, -0.2) is 19.4 Å². The molecule has 2 aliphatic rings. The number of fused-ring (bicyclic) bond motifs is 1. The van der Waals surface area contributed by atoms with E-state index in [0.717, 1.165) is 34.9 Å². The Hall–Kier alpha value is -4.44. The molecule has 2 aliphatic heterocycles. The SMILES string of the molecule is CC(=O)OCC1=C(C(=O)O)N2C(=O)[C@@H](NC(=O)/C(=N\OC(C)(C)C(=O)O)c3csc(NC(=O)CCl)n3)[C@H]2SC1.O=C(O)C(F)(F)F. The highest BCUT2D eigenvalue weighted by molar-refractivity contribution is 8.00. The van der Waals surface area contributed by atoms with E-state index in [1.54, 1.807) is 0 Å². The average Bonchev–Trinajstić information content (AvgIpc) is 3.41. The Morgan fingerprint density at radius 3 is 2.26 bits per heavy atom. The van der Waals surface area contributed by atoms with Crippen molar-refractivity contribution < 1.29 is 71.6 Å². The van der Waals surface area contributed by atoms with Crippen LogP contribution < -0.4 is 10.6 Å². The van der Waals surface area contributed by atoms with Crippen molar-refractivity contribution in [1.82, 2.24) is 15.2 Å². The van der Waals surface area contributed by atoms with Crippen molar-refractivity contribution in [2.75, 3.05) is 23.6 Å². The fraction of sp³-hybridized carbons (Fsp3) is 0.435. The maximum atomic E-state index is 13.2. The minimum Gasteiger partial charge on any atom is -0.478 e. The van der Waals surface area contributed by atoms with Crippen LogP contribution in [0, 0.1) is 0 Å². The van der Waals surface area contributed by atoms with E-state index in [9.17, 15) is 52.2 Å². The molecule has 3 heterocycles. The van der Waals surface area contributed by atoms with Crippen molar-refractivity contribution in [3.05, 3.63) is 22.3 Å². The maximum Gasteiger partial charge on any atom is 0.490 e. The molecule has 0 unspecified atom stereocenters. The highest BCUT2D eigenvalue weighted by atomic mass is 35.5. The first-order valence-electron chi connectivity index (χ1n) is 12.2. The van der Waals surface area contributed by atoms with Crippen molar-refractivity contribution >= 4 is 87.1 Å². The lowest BCUT2D eigenvalue weighted by atomic mass is 10.0. The molecule has 23 heteroatoms. The number of nitrogens with one attached hydrogen (secondary N) is 2. The molecule has 1 aromatic rings. The molecule has 0 bridgehead atoms. The Kier molecular flexibility index (Phi) is 12.5. The molecule has 1 aromatic heterocycles. The summed E-state index contributed by atoms with van der Waals surface area (Å²) in [5, 5.41) is 35.3. The second-order valence-corrected chi connectivity index (χ2v) is 11.5. The van der Waals surface area contributed by atoms with Gasteiger partial charge in [-0.15, -0.1) is 34.7 Å². The van der Waals surface area contributed by atoms with E-state index in [0.29, 0.717) is 0 Å². The molecule has 2 atom stereocenters. The van der Waals surface area contributed by atoms with E-state index in [2.05, 4.69) is 20.8 Å². The lowest BCUT2D eigenvalue weighted by Crippen LogP contribution is -2.71. The van der Waals surface area contributed by atoms with Crippen LogP contribution in [0.5, 0.6) is 0 Å². The minimum atomic E-state index is -5.08. The molecule has 5 N–H and O–H groups in total. The Morgan fingerprint density at radius 2 is 1.76 bits per heavy atom. The predicted octanol–water partition coefficient (Wildman–Crippen LogP) is 0.839. The Morgan fingerprint density at radius 1 is 1.15 bits per heavy atom. The van der Waals surface area contributed by atoms with Gasteiger partial charge in [0.25, 0.3) is 11.8 Å². The van der Waals surface area contributed by atoms with Crippen LogP contribution in [0.15, 0.2) is 21.8 Å². The van der Waals surface area contributed by atoms with Crippen molar-refractivity contribution in [2.24, 2.45) is 5.16 Å². The Labute approximate surface area is 268 Å². The number of alkyl halides is 4. The zero-order valence-electron chi connectivity index (χ0n) is 23.5. The lowest BCUT2D eigenvalue weighted by molar-refractivity contribution is -0.192. The number of β-lactam (4-membered cyclic amide) rings is 1. The third-order valence-corrected chi connectivity index (χ3v) is 7.78. The fourth-order valence-electron chi connectivity index (χ4n) is 3.19. The number of carbonyl (C=O) groups excluding carboxylic acids is 4. The number of ether oxygens (including phenoxy) is 1. The number of esters is 1. The van der Waals surface area contributed by atoms with Crippen LogP contribution in [0.25, 0.3) is 0 Å². The topological polar surface area (TPSA) is 251 Å². The molecule has 0 radical (unpaired) electrons.